The molecule has 1 aliphatic carbocycles. The third kappa shape index (κ3) is 16.8. The Labute approximate surface area is 390 Å². The highest BCUT2D eigenvalue weighted by molar-refractivity contribution is 6.93. The van der Waals surface area contributed by atoms with Crippen molar-refractivity contribution in [2.45, 2.75) is 187 Å². The molecule has 5 atom stereocenters. The highest BCUT2D eigenvalue weighted by Crippen LogP contribution is 2.41. The lowest BCUT2D eigenvalue weighted by Crippen LogP contribution is -2.65. The number of carbonyl (C=O) groups is 1. The first kappa shape index (κ1) is 52.2. The number of hydrogen-bond acceptors (Lipinski definition) is 10. The van der Waals surface area contributed by atoms with Crippen molar-refractivity contribution in [3.05, 3.63) is 89.5 Å². The molecule has 10 nitrogen and oxygen atoms in total. The van der Waals surface area contributed by atoms with Gasteiger partial charge < -0.3 is 40.5 Å². The summed E-state index contributed by atoms with van der Waals surface area (Å²) in [4.78, 5) is 14.3. The topological polar surface area (TPSA) is 111 Å². The van der Waals surface area contributed by atoms with Gasteiger partial charge in [0.2, 0.25) is 0 Å². The normalized spacial score (nSPS) is 20.8. The number of carbonyl (C=O) groups excluding carboxylic acids is 1. The molecule has 2 aliphatic rings. The number of rotatable bonds is 21. The summed E-state index contributed by atoms with van der Waals surface area (Å²) in [5.41, 5.74) is 3.54. The molecule has 5 rings (SSSR count). The van der Waals surface area contributed by atoms with E-state index in [0.29, 0.717) is 19.4 Å². The maximum atomic E-state index is 14.3. The molecule has 3 aromatic rings. The van der Waals surface area contributed by atoms with Crippen molar-refractivity contribution < 1.29 is 45.3 Å². The minimum absolute atomic E-state index is 0.00995. The molecule has 64 heavy (non-hydrogen) atoms. The van der Waals surface area contributed by atoms with Gasteiger partial charge in [-0.3, -0.25) is 4.79 Å². The Morgan fingerprint density at radius 1 is 0.656 bits per heavy atom. The molecule has 5 unspecified atom stereocenters. The molecule has 1 N–H and O–H groups in total. The lowest BCUT2D eigenvalue weighted by atomic mass is 9.77. The Morgan fingerprint density at radius 3 is 1.72 bits per heavy atom. The molecular formula is C50H80O10Si4. The maximum absolute atomic E-state index is 14.3. The zero-order valence-corrected chi connectivity index (χ0v) is 45.1. The van der Waals surface area contributed by atoms with E-state index in [1.165, 1.54) is 17.5 Å². The lowest BCUT2D eigenvalue weighted by molar-refractivity contribution is -0.156. The predicted molar refractivity (Wildman–Crippen MR) is 265 cm³/mol. The molecule has 2 fully saturated rings. The third-order valence-corrected chi connectivity index (χ3v) is 28.8. The van der Waals surface area contributed by atoms with Crippen LogP contribution in [0.4, 0.5) is 0 Å². The van der Waals surface area contributed by atoms with Crippen molar-refractivity contribution in [2.24, 2.45) is 5.92 Å². The summed E-state index contributed by atoms with van der Waals surface area (Å²) in [6.07, 6.45) is 8.85. The van der Waals surface area contributed by atoms with Gasteiger partial charge in [-0.25, -0.2) is 0 Å². The second-order valence-electron chi connectivity index (χ2n) is 20.1. The molecule has 1 saturated heterocycles. The van der Waals surface area contributed by atoms with Crippen molar-refractivity contribution in [3.8, 4) is 17.2 Å². The molecule has 1 heterocycles. The van der Waals surface area contributed by atoms with Gasteiger partial charge in [0.05, 0.1) is 18.6 Å². The van der Waals surface area contributed by atoms with E-state index < -0.39 is 40.5 Å². The molecule has 1 aliphatic heterocycles. The van der Waals surface area contributed by atoms with Gasteiger partial charge >= 0.3 is 40.2 Å². The summed E-state index contributed by atoms with van der Waals surface area (Å²) in [5.74, 6) is 1.91. The standard InChI is InChI=1S/C50H80O10Si4/c1-13-40(42-22-30-49(31-23-42)55-39(5)53-32-17-33-64(12)59-62(8,9)57-61(6,7)58-63(10,11)60-64)35-44(43-24-28-48(29-25-43)54-37(2)3)36-45(50(52)56-47-18-15-14-16-19-47)34-38(4)41-20-26-46(51)27-21-41/h20-31,37-40,44-45,47,51H,13-19,32-36H2,1-12H3. The van der Waals surface area contributed by atoms with Gasteiger partial charge in [0.25, 0.3) is 0 Å². The SMILES string of the molecule is CCC(CC(CC(CC(C)c1ccc(O)cc1)C(=O)OC1CCCCC1)c1ccc(OC(C)C)cc1)c1ccc(OC(C)OCCC[Si]2(C)O[Si](C)(C)O[Si](C)(C)O[Si](C)(C)O2)cc1. The Bertz CT molecular complexity index is 1840. The summed E-state index contributed by atoms with van der Waals surface area (Å²) in [5, 5.41) is 9.99. The molecule has 0 aromatic heterocycles. The number of ether oxygens (including phenoxy) is 4. The number of hydrogen-bond donors (Lipinski definition) is 1. The van der Waals surface area contributed by atoms with Crippen LogP contribution >= 0.6 is 0 Å². The predicted octanol–water partition coefficient (Wildman–Crippen LogP) is 13.3. The number of phenolic OH excluding ortho intramolecular Hbond substituents is 1. The van der Waals surface area contributed by atoms with E-state index >= 15 is 0 Å². The van der Waals surface area contributed by atoms with E-state index in [2.05, 4.69) is 96.1 Å². The average molecular weight is 954 g/mol. The van der Waals surface area contributed by atoms with E-state index in [1.807, 2.05) is 45.0 Å². The van der Waals surface area contributed by atoms with Crippen LogP contribution in [0, 0.1) is 5.92 Å². The summed E-state index contributed by atoms with van der Waals surface area (Å²) >= 11 is 0. The number of aromatic hydroxyl groups is 1. The maximum Gasteiger partial charge on any atom is 0.317 e. The first-order chi connectivity index (χ1) is 30.1. The fourth-order valence-electron chi connectivity index (χ4n) is 9.88. The summed E-state index contributed by atoms with van der Waals surface area (Å²) in [6.45, 7) is 25.6. The van der Waals surface area contributed by atoms with Crippen molar-refractivity contribution in [1.82, 2.24) is 0 Å². The third-order valence-electron chi connectivity index (χ3n) is 12.3. The van der Waals surface area contributed by atoms with E-state index in [9.17, 15) is 9.90 Å². The van der Waals surface area contributed by atoms with Gasteiger partial charge in [-0.15, -0.1) is 0 Å². The minimum atomic E-state index is -2.57. The van der Waals surface area contributed by atoms with Gasteiger partial charge in [-0.1, -0.05) is 56.7 Å². The second-order valence-corrected chi connectivity index (χ2v) is 34.5. The second kappa shape index (κ2) is 23.3. The van der Waals surface area contributed by atoms with Gasteiger partial charge in [-0.2, -0.15) is 0 Å². The number of benzene rings is 3. The summed E-state index contributed by atoms with van der Waals surface area (Å²) < 4.78 is 51.3. The van der Waals surface area contributed by atoms with E-state index in [1.54, 1.807) is 12.1 Å². The molecule has 0 amide bonds. The van der Waals surface area contributed by atoms with Crippen molar-refractivity contribution in [3.63, 3.8) is 0 Å². The van der Waals surface area contributed by atoms with Crippen molar-refractivity contribution >= 4 is 40.2 Å². The zero-order valence-electron chi connectivity index (χ0n) is 41.1. The fraction of sp³-hybridized carbons (Fsp3) is 0.620. The largest absolute Gasteiger partial charge is 0.508 e. The first-order valence-electron chi connectivity index (χ1n) is 24.1. The number of phenols is 1. The van der Waals surface area contributed by atoms with Crippen molar-refractivity contribution in [2.75, 3.05) is 6.61 Å². The molecule has 0 spiro atoms. The fourth-order valence-corrected chi connectivity index (χ4v) is 31.4. The van der Waals surface area contributed by atoms with E-state index in [4.69, 9.17) is 35.4 Å². The van der Waals surface area contributed by atoms with Crippen LogP contribution in [0.3, 0.4) is 0 Å². The Morgan fingerprint density at radius 2 is 1.17 bits per heavy atom. The quantitative estimate of drug-likeness (QED) is 0.0479. The van der Waals surface area contributed by atoms with E-state index in [0.717, 1.165) is 68.1 Å². The van der Waals surface area contributed by atoms with Crippen molar-refractivity contribution in [1.29, 1.82) is 0 Å². The van der Waals surface area contributed by atoms with Crippen LogP contribution in [0.25, 0.3) is 0 Å². The van der Waals surface area contributed by atoms with Crippen LogP contribution in [0.2, 0.25) is 51.9 Å². The molecule has 1 saturated carbocycles. The highest BCUT2D eigenvalue weighted by atomic mass is 28.5. The summed E-state index contributed by atoms with van der Waals surface area (Å²) in [6, 6.07) is 25.1. The smallest absolute Gasteiger partial charge is 0.317 e. The Balaban J connectivity index is 1.26. The molecule has 3 aromatic carbocycles. The molecule has 0 bridgehead atoms. The monoisotopic (exact) mass is 952 g/mol. The first-order valence-corrected chi connectivity index (χ1v) is 35.0. The van der Waals surface area contributed by atoms with Crippen LogP contribution in [0.1, 0.15) is 133 Å². The van der Waals surface area contributed by atoms with Gasteiger partial charge in [0.1, 0.15) is 23.4 Å². The number of esters is 1. The molecular weight excluding hydrogens is 873 g/mol. The summed E-state index contributed by atoms with van der Waals surface area (Å²) in [7, 11) is -9.77. The van der Waals surface area contributed by atoms with Crippen LogP contribution in [0.15, 0.2) is 72.8 Å². The lowest BCUT2D eigenvalue weighted by Gasteiger charge is -2.47. The highest BCUT2D eigenvalue weighted by Gasteiger charge is 2.52. The van der Waals surface area contributed by atoms with Crippen LogP contribution in [-0.2, 0) is 30.7 Å². The van der Waals surface area contributed by atoms with Crippen LogP contribution in [-0.4, -0.2) is 70.4 Å². The van der Waals surface area contributed by atoms with E-state index in [-0.39, 0.29) is 47.6 Å². The van der Waals surface area contributed by atoms with Gasteiger partial charge in [-0.05, 0) is 201 Å². The molecule has 0 radical (unpaired) electrons. The van der Waals surface area contributed by atoms with Gasteiger partial charge in [0.15, 0.2) is 6.29 Å². The zero-order chi connectivity index (χ0) is 46.7. The van der Waals surface area contributed by atoms with Gasteiger partial charge in [0, 0.05) is 0 Å². The van der Waals surface area contributed by atoms with Crippen LogP contribution < -0.4 is 9.47 Å². The molecule has 14 heteroatoms. The molecule has 356 valence electrons. The average Bonchev–Trinajstić information content (AvgIpc) is 3.20. The minimum Gasteiger partial charge on any atom is -0.508 e. The van der Waals surface area contributed by atoms with Crippen LogP contribution in [0.5, 0.6) is 17.2 Å². The Kier molecular flexibility index (Phi) is 19.0. The Hall–Kier alpha value is -2.80.